The van der Waals surface area contributed by atoms with Crippen LogP contribution in [0.3, 0.4) is 0 Å². The lowest BCUT2D eigenvalue weighted by Crippen LogP contribution is -2.60. The summed E-state index contributed by atoms with van der Waals surface area (Å²) < 4.78 is 5.32. The summed E-state index contributed by atoms with van der Waals surface area (Å²) in [5.74, 6) is -1.79. The molecule has 0 unspecified atom stereocenters. The molecule has 1 aromatic heterocycles. The number of carboxylic acid groups (broad SMARTS) is 1. The van der Waals surface area contributed by atoms with Gasteiger partial charge < -0.3 is 30.4 Å². The smallest absolute Gasteiger partial charge is 0.408 e. The number of hydrogen-bond donors (Lipinski definition) is 4. The van der Waals surface area contributed by atoms with Crippen LogP contribution in [0.5, 0.6) is 0 Å². The molecule has 1 atom stereocenters. The number of amides is 3. The number of benzene rings is 2. The molecule has 3 aromatic rings. The Morgan fingerprint density at radius 3 is 2.48 bits per heavy atom. The number of aromatic amines is 1. The standard InChI is InChI=1S/C30H36N4O6/c1-29(2,3)40-28(39)33-30(4,5)27(38)32-24(15-21-16-31-23-9-7-6-8-22(21)23)25(35)34-13-12-18-14-19(26(36)37)10-11-20(18)17-34/h6-11,14,16,24,31H,12-13,15,17H2,1-5H3,(H,32,38)(H,33,39)(H,36,37)/t24-/m1/s1. The number of para-hydroxylation sites is 1. The molecule has 0 aliphatic carbocycles. The number of nitrogens with zero attached hydrogens (tertiary/aromatic N) is 1. The third kappa shape index (κ3) is 6.62. The summed E-state index contributed by atoms with van der Waals surface area (Å²) in [6, 6.07) is 11.7. The van der Waals surface area contributed by atoms with E-state index in [0.717, 1.165) is 27.6 Å². The Morgan fingerprint density at radius 2 is 1.77 bits per heavy atom. The van der Waals surface area contributed by atoms with Gasteiger partial charge in [-0.1, -0.05) is 24.3 Å². The number of carbonyl (C=O) groups is 4. The normalized spacial score (nSPS) is 14.3. The van der Waals surface area contributed by atoms with Crippen molar-refractivity contribution in [3.05, 3.63) is 70.9 Å². The zero-order valence-electron chi connectivity index (χ0n) is 23.5. The number of alkyl carbamates (subject to hydrolysis) is 1. The summed E-state index contributed by atoms with van der Waals surface area (Å²) in [7, 11) is 0. The van der Waals surface area contributed by atoms with Crippen LogP contribution in [0.4, 0.5) is 4.79 Å². The fraction of sp³-hybridized carbons (Fsp3) is 0.400. The second-order valence-corrected chi connectivity index (χ2v) is 11.6. The number of carboxylic acids is 1. The number of fused-ring (bicyclic) bond motifs is 2. The van der Waals surface area contributed by atoms with E-state index in [1.54, 1.807) is 51.7 Å². The molecule has 4 rings (SSSR count). The van der Waals surface area contributed by atoms with Crippen LogP contribution in [0, 0.1) is 0 Å². The molecule has 3 amide bonds. The highest BCUT2D eigenvalue weighted by Crippen LogP contribution is 2.24. The Bertz CT molecular complexity index is 1450. The van der Waals surface area contributed by atoms with Crippen molar-refractivity contribution in [1.29, 1.82) is 0 Å². The molecule has 0 spiro atoms. The predicted molar refractivity (Wildman–Crippen MR) is 150 cm³/mol. The van der Waals surface area contributed by atoms with Crippen LogP contribution in [0.2, 0.25) is 0 Å². The first-order valence-corrected chi connectivity index (χ1v) is 13.2. The molecule has 0 saturated carbocycles. The second kappa shape index (κ2) is 11.0. The van der Waals surface area contributed by atoms with E-state index in [2.05, 4.69) is 15.6 Å². The first kappa shape index (κ1) is 28.7. The van der Waals surface area contributed by atoms with Gasteiger partial charge in [0, 0.05) is 36.6 Å². The lowest BCUT2D eigenvalue weighted by atomic mass is 9.95. The number of aromatic carboxylic acids is 1. The summed E-state index contributed by atoms with van der Waals surface area (Å²) >= 11 is 0. The van der Waals surface area contributed by atoms with Gasteiger partial charge in [0.25, 0.3) is 0 Å². The van der Waals surface area contributed by atoms with Crippen molar-refractivity contribution in [1.82, 2.24) is 20.5 Å². The number of H-pyrrole nitrogens is 1. The van der Waals surface area contributed by atoms with Crippen LogP contribution in [0.15, 0.2) is 48.7 Å². The van der Waals surface area contributed by atoms with Crippen LogP contribution < -0.4 is 10.6 Å². The number of carbonyl (C=O) groups excluding carboxylic acids is 3. The van der Waals surface area contributed by atoms with E-state index in [0.29, 0.717) is 19.5 Å². The molecule has 10 nitrogen and oxygen atoms in total. The van der Waals surface area contributed by atoms with Crippen molar-refractivity contribution in [3.8, 4) is 0 Å². The molecule has 4 N–H and O–H groups in total. The fourth-order valence-corrected chi connectivity index (χ4v) is 4.77. The monoisotopic (exact) mass is 548 g/mol. The summed E-state index contributed by atoms with van der Waals surface area (Å²) in [6.45, 7) is 8.98. The third-order valence-corrected chi connectivity index (χ3v) is 6.86. The van der Waals surface area contributed by atoms with Crippen LogP contribution in [0.25, 0.3) is 10.9 Å². The zero-order valence-corrected chi connectivity index (χ0v) is 23.5. The maximum Gasteiger partial charge on any atom is 0.408 e. The Labute approximate surface area is 233 Å². The van der Waals surface area contributed by atoms with Gasteiger partial charge in [0.2, 0.25) is 11.8 Å². The van der Waals surface area contributed by atoms with Gasteiger partial charge in [-0.3, -0.25) is 9.59 Å². The molecule has 2 aromatic carbocycles. The van der Waals surface area contributed by atoms with Crippen molar-refractivity contribution in [2.45, 2.75) is 71.2 Å². The minimum atomic E-state index is -1.36. The molecule has 0 fully saturated rings. The highest BCUT2D eigenvalue weighted by molar-refractivity contribution is 5.94. The zero-order chi connectivity index (χ0) is 29.2. The SMILES string of the molecule is CC(C)(C)OC(=O)NC(C)(C)C(=O)N[C@H](Cc1c[nH]c2ccccc12)C(=O)N1CCc2cc(C(=O)O)ccc2C1. The summed E-state index contributed by atoms with van der Waals surface area (Å²) in [5, 5.41) is 15.7. The van der Waals surface area contributed by atoms with Gasteiger partial charge in [-0.2, -0.15) is 0 Å². The Kier molecular flexibility index (Phi) is 7.91. The minimum Gasteiger partial charge on any atom is -0.478 e. The molecule has 0 radical (unpaired) electrons. The van der Waals surface area contributed by atoms with E-state index in [1.807, 2.05) is 30.5 Å². The molecule has 212 valence electrons. The van der Waals surface area contributed by atoms with Crippen LogP contribution in [-0.4, -0.2) is 62.6 Å². The van der Waals surface area contributed by atoms with Crippen molar-refractivity contribution in [3.63, 3.8) is 0 Å². The first-order chi connectivity index (χ1) is 18.7. The third-order valence-electron chi connectivity index (χ3n) is 6.86. The van der Waals surface area contributed by atoms with Gasteiger partial charge in [0.05, 0.1) is 5.56 Å². The van der Waals surface area contributed by atoms with Gasteiger partial charge in [-0.25, -0.2) is 9.59 Å². The first-order valence-electron chi connectivity index (χ1n) is 13.2. The van der Waals surface area contributed by atoms with Crippen molar-refractivity contribution in [2.75, 3.05) is 6.54 Å². The van der Waals surface area contributed by atoms with E-state index in [-0.39, 0.29) is 17.9 Å². The van der Waals surface area contributed by atoms with Crippen molar-refractivity contribution < 1.29 is 29.0 Å². The van der Waals surface area contributed by atoms with Crippen molar-refractivity contribution >= 4 is 34.8 Å². The van der Waals surface area contributed by atoms with Crippen LogP contribution in [0.1, 0.15) is 61.7 Å². The van der Waals surface area contributed by atoms with E-state index in [1.165, 1.54) is 6.07 Å². The van der Waals surface area contributed by atoms with Gasteiger partial charge in [0.15, 0.2) is 0 Å². The Balaban J connectivity index is 1.57. The largest absolute Gasteiger partial charge is 0.478 e. The topological polar surface area (TPSA) is 141 Å². The predicted octanol–water partition coefficient (Wildman–Crippen LogP) is 3.78. The van der Waals surface area contributed by atoms with Gasteiger partial charge in [-0.05, 0) is 75.9 Å². The average molecular weight is 549 g/mol. The Morgan fingerprint density at radius 1 is 1.05 bits per heavy atom. The quantitative estimate of drug-likeness (QED) is 0.354. The molecule has 1 aliphatic heterocycles. The molecule has 40 heavy (non-hydrogen) atoms. The van der Waals surface area contributed by atoms with E-state index < -0.39 is 35.2 Å². The number of rotatable bonds is 7. The second-order valence-electron chi connectivity index (χ2n) is 11.6. The van der Waals surface area contributed by atoms with Gasteiger partial charge in [0.1, 0.15) is 17.2 Å². The molecular formula is C30H36N4O6. The lowest BCUT2D eigenvalue weighted by molar-refractivity contribution is -0.138. The average Bonchev–Trinajstić information content (AvgIpc) is 3.28. The molecule has 10 heteroatoms. The summed E-state index contributed by atoms with van der Waals surface area (Å²) in [6.07, 6.45) is 1.83. The molecule has 0 bridgehead atoms. The van der Waals surface area contributed by atoms with Crippen molar-refractivity contribution in [2.24, 2.45) is 0 Å². The highest BCUT2D eigenvalue weighted by atomic mass is 16.6. The van der Waals surface area contributed by atoms with Crippen LogP contribution in [-0.2, 0) is 33.7 Å². The Hall–Kier alpha value is -4.34. The summed E-state index contributed by atoms with van der Waals surface area (Å²) in [5.41, 5.74) is 1.67. The molecule has 1 aliphatic rings. The minimum absolute atomic E-state index is 0.211. The lowest BCUT2D eigenvalue weighted by Gasteiger charge is -2.34. The molecule has 2 heterocycles. The number of ether oxygens (including phenoxy) is 1. The number of nitrogens with one attached hydrogen (secondary N) is 3. The number of hydrogen-bond acceptors (Lipinski definition) is 5. The van der Waals surface area contributed by atoms with E-state index in [9.17, 15) is 24.3 Å². The van der Waals surface area contributed by atoms with E-state index in [4.69, 9.17) is 4.74 Å². The highest BCUT2D eigenvalue weighted by Gasteiger charge is 2.36. The molecular weight excluding hydrogens is 512 g/mol. The van der Waals surface area contributed by atoms with Gasteiger partial charge in [-0.15, -0.1) is 0 Å². The molecule has 0 saturated heterocycles. The summed E-state index contributed by atoms with van der Waals surface area (Å²) in [4.78, 5) is 56.0. The van der Waals surface area contributed by atoms with E-state index >= 15 is 0 Å². The fourth-order valence-electron chi connectivity index (χ4n) is 4.77. The maximum absolute atomic E-state index is 13.9. The number of aromatic nitrogens is 1. The maximum atomic E-state index is 13.9. The van der Waals surface area contributed by atoms with Crippen LogP contribution >= 0.6 is 0 Å². The van der Waals surface area contributed by atoms with Gasteiger partial charge >= 0.3 is 12.1 Å².